The highest BCUT2D eigenvalue weighted by Crippen LogP contribution is 2.27. The number of anilines is 1. The number of rotatable bonds is 3. The molecule has 0 saturated carbocycles. The minimum atomic E-state index is 0.291. The van der Waals surface area contributed by atoms with E-state index in [4.69, 9.17) is 9.72 Å². The van der Waals surface area contributed by atoms with Gasteiger partial charge in [-0.15, -0.1) is 0 Å². The second-order valence-electron chi connectivity index (χ2n) is 5.56. The molecule has 2 aromatic heterocycles. The smallest absolute Gasteiger partial charge is 0.157 e. The van der Waals surface area contributed by atoms with Gasteiger partial charge in [-0.2, -0.15) is 9.61 Å². The average molecular weight is 294 g/mol. The number of benzene rings is 1. The summed E-state index contributed by atoms with van der Waals surface area (Å²) >= 11 is 0. The minimum Gasteiger partial charge on any atom is -0.380 e. The van der Waals surface area contributed by atoms with Gasteiger partial charge in [-0.25, -0.2) is 4.98 Å². The Hall–Kier alpha value is -2.40. The van der Waals surface area contributed by atoms with Crippen LogP contribution in [0.4, 0.5) is 5.82 Å². The highest BCUT2D eigenvalue weighted by molar-refractivity contribution is 5.67. The van der Waals surface area contributed by atoms with Gasteiger partial charge in [-0.3, -0.25) is 0 Å². The fourth-order valence-corrected chi connectivity index (χ4v) is 3.01. The predicted octanol–water partition coefficient (Wildman–Crippen LogP) is 2.62. The van der Waals surface area contributed by atoms with E-state index in [0.29, 0.717) is 6.10 Å². The Bertz CT molecular complexity index is 784. The Labute approximate surface area is 129 Å². The second-order valence-corrected chi connectivity index (χ2v) is 5.56. The van der Waals surface area contributed by atoms with Crippen LogP contribution in [0.25, 0.3) is 16.9 Å². The number of fused-ring (bicyclic) bond motifs is 1. The van der Waals surface area contributed by atoms with Crippen LogP contribution < -0.4 is 4.90 Å². The molecule has 0 spiro atoms. The van der Waals surface area contributed by atoms with E-state index in [2.05, 4.69) is 28.2 Å². The number of ether oxygens (including phenoxy) is 1. The standard InChI is InChI=1S/C17H18N4O/c1-22-14-8-10-20(12-14)17-11-15(13-5-3-2-4-6-13)19-16-7-9-18-21(16)17/h2-7,9,11,14H,8,10,12H2,1H3/t14-/m1/s1. The van der Waals surface area contributed by atoms with Crippen molar-refractivity contribution in [3.8, 4) is 11.3 Å². The Balaban J connectivity index is 1.81. The summed E-state index contributed by atoms with van der Waals surface area (Å²) in [7, 11) is 1.78. The van der Waals surface area contributed by atoms with Crippen LogP contribution in [0, 0.1) is 0 Å². The lowest BCUT2D eigenvalue weighted by atomic mass is 10.1. The lowest BCUT2D eigenvalue weighted by molar-refractivity contribution is 0.121. The summed E-state index contributed by atoms with van der Waals surface area (Å²) in [5.41, 5.74) is 2.97. The van der Waals surface area contributed by atoms with Crippen LogP contribution in [0.2, 0.25) is 0 Å². The van der Waals surface area contributed by atoms with E-state index in [-0.39, 0.29) is 0 Å². The van der Waals surface area contributed by atoms with E-state index in [1.165, 1.54) is 0 Å². The highest BCUT2D eigenvalue weighted by Gasteiger charge is 2.24. The monoisotopic (exact) mass is 294 g/mol. The SMILES string of the molecule is CO[C@@H]1CCN(c2cc(-c3ccccc3)nc3ccnn23)C1. The van der Waals surface area contributed by atoms with Crippen molar-refractivity contribution >= 4 is 11.5 Å². The molecular formula is C17H18N4O. The number of nitrogens with zero attached hydrogens (tertiary/aromatic N) is 4. The average Bonchev–Trinajstić information content (AvgIpc) is 3.23. The van der Waals surface area contributed by atoms with Crippen molar-refractivity contribution in [2.75, 3.05) is 25.1 Å². The first-order valence-electron chi connectivity index (χ1n) is 7.53. The van der Waals surface area contributed by atoms with E-state index in [9.17, 15) is 0 Å². The predicted molar refractivity (Wildman–Crippen MR) is 86.1 cm³/mol. The molecule has 1 aromatic carbocycles. The maximum absolute atomic E-state index is 5.48. The molecule has 3 heterocycles. The van der Waals surface area contributed by atoms with Crippen LogP contribution in [-0.2, 0) is 4.74 Å². The molecule has 5 heteroatoms. The molecular weight excluding hydrogens is 276 g/mol. The van der Waals surface area contributed by atoms with Gasteiger partial charge in [0, 0.05) is 37.9 Å². The van der Waals surface area contributed by atoms with Gasteiger partial charge in [-0.05, 0) is 6.42 Å². The largest absolute Gasteiger partial charge is 0.380 e. The Kier molecular flexibility index (Phi) is 3.27. The van der Waals surface area contributed by atoms with Crippen molar-refractivity contribution in [3.05, 3.63) is 48.7 Å². The van der Waals surface area contributed by atoms with Gasteiger partial charge < -0.3 is 9.64 Å². The van der Waals surface area contributed by atoms with Gasteiger partial charge in [0.2, 0.25) is 0 Å². The van der Waals surface area contributed by atoms with Crippen LogP contribution in [0.5, 0.6) is 0 Å². The molecule has 0 amide bonds. The summed E-state index contributed by atoms with van der Waals surface area (Å²) in [5, 5.41) is 4.42. The second kappa shape index (κ2) is 5.42. The first-order valence-corrected chi connectivity index (χ1v) is 7.53. The summed E-state index contributed by atoms with van der Waals surface area (Å²) < 4.78 is 7.39. The fraction of sp³-hybridized carbons (Fsp3) is 0.294. The molecule has 0 bridgehead atoms. The molecule has 5 nitrogen and oxygen atoms in total. The van der Waals surface area contributed by atoms with Crippen molar-refractivity contribution in [2.24, 2.45) is 0 Å². The molecule has 0 N–H and O–H groups in total. The van der Waals surface area contributed by atoms with Crippen LogP contribution >= 0.6 is 0 Å². The molecule has 22 heavy (non-hydrogen) atoms. The van der Waals surface area contributed by atoms with Crippen molar-refractivity contribution in [2.45, 2.75) is 12.5 Å². The molecule has 0 unspecified atom stereocenters. The van der Waals surface area contributed by atoms with E-state index in [1.807, 2.05) is 28.8 Å². The van der Waals surface area contributed by atoms with Gasteiger partial charge in [0.05, 0.1) is 18.0 Å². The summed E-state index contributed by atoms with van der Waals surface area (Å²) in [4.78, 5) is 7.04. The highest BCUT2D eigenvalue weighted by atomic mass is 16.5. The first-order chi connectivity index (χ1) is 10.8. The van der Waals surface area contributed by atoms with Crippen LogP contribution in [0.1, 0.15) is 6.42 Å². The van der Waals surface area contributed by atoms with E-state index in [1.54, 1.807) is 13.3 Å². The van der Waals surface area contributed by atoms with Crippen molar-refractivity contribution in [1.29, 1.82) is 0 Å². The molecule has 1 fully saturated rings. The molecule has 4 rings (SSSR count). The molecule has 0 aliphatic carbocycles. The van der Waals surface area contributed by atoms with E-state index < -0.39 is 0 Å². The summed E-state index contributed by atoms with van der Waals surface area (Å²) in [6.07, 6.45) is 3.13. The third-order valence-electron chi connectivity index (χ3n) is 4.21. The van der Waals surface area contributed by atoms with Crippen molar-refractivity contribution < 1.29 is 4.74 Å². The normalized spacial score (nSPS) is 18.2. The van der Waals surface area contributed by atoms with Crippen molar-refractivity contribution in [3.63, 3.8) is 0 Å². The van der Waals surface area contributed by atoms with Gasteiger partial charge in [0.15, 0.2) is 5.65 Å². The molecule has 112 valence electrons. The number of hydrogen-bond donors (Lipinski definition) is 0. The number of aromatic nitrogens is 3. The maximum Gasteiger partial charge on any atom is 0.157 e. The van der Waals surface area contributed by atoms with E-state index in [0.717, 1.165) is 42.2 Å². The lowest BCUT2D eigenvalue weighted by Gasteiger charge is -2.20. The molecule has 1 aliphatic heterocycles. The zero-order chi connectivity index (χ0) is 14.9. The van der Waals surface area contributed by atoms with Gasteiger partial charge in [0.1, 0.15) is 5.82 Å². The molecule has 3 aromatic rings. The fourth-order valence-electron chi connectivity index (χ4n) is 3.01. The van der Waals surface area contributed by atoms with Crippen LogP contribution in [0.3, 0.4) is 0 Å². The lowest BCUT2D eigenvalue weighted by Crippen LogP contribution is -2.24. The molecule has 1 saturated heterocycles. The van der Waals surface area contributed by atoms with Crippen molar-refractivity contribution in [1.82, 2.24) is 14.6 Å². The maximum atomic E-state index is 5.48. The molecule has 1 atom stereocenters. The first kappa shape index (κ1) is 13.3. The molecule has 0 radical (unpaired) electrons. The third kappa shape index (κ3) is 2.23. The summed E-state index contributed by atoms with van der Waals surface area (Å²) in [6.45, 7) is 1.87. The third-order valence-corrected chi connectivity index (χ3v) is 4.21. The number of methoxy groups -OCH3 is 1. The minimum absolute atomic E-state index is 0.291. The topological polar surface area (TPSA) is 42.7 Å². The van der Waals surface area contributed by atoms with Crippen LogP contribution in [0.15, 0.2) is 48.7 Å². The zero-order valence-corrected chi connectivity index (χ0v) is 12.5. The van der Waals surface area contributed by atoms with E-state index >= 15 is 0 Å². The number of hydrogen-bond acceptors (Lipinski definition) is 4. The quantitative estimate of drug-likeness (QED) is 0.745. The Morgan fingerprint density at radius 1 is 1.18 bits per heavy atom. The van der Waals surface area contributed by atoms with Gasteiger partial charge in [0.25, 0.3) is 0 Å². The van der Waals surface area contributed by atoms with Gasteiger partial charge >= 0.3 is 0 Å². The summed E-state index contributed by atoms with van der Waals surface area (Å²) in [6, 6.07) is 14.3. The van der Waals surface area contributed by atoms with Gasteiger partial charge in [-0.1, -0.05) is 30.3 Å². The summed E-state index contributed by atoms with van der Waals surface area (Å²) in [5.74, 6) is 1.08. The van der Waals surface area contributed by atoms with Crippen LogP contribution in [-0.4, -0.2) is 40.9 Å². The molecule has 1 aliphatic rings. The Morgan fingerprint density at radius 3 is 2.82 bits per heavy atom. The Morgan fingerprint density at radius 2 is 2.05 bits per heavy atom. The zero-order valence-electron chi connectivity index (χ0n) is 12.5.